The summed E-state index contributed by atoms with van der Waals surface area (Å²) in [5, 5.41) is 1.28. The predicted molar refractivity (Wildman–Crippen MR) is 92.2 cm³/mol. The third kappa shape index (κ3) is 2.31. The molecule has 1 fully saturated rings. The van der Waals surface area contributed by atoms with E-state index in [1.54, 1.807) is 6.92 Å². The van der Waals surface area contributed by atoms with E-state index in [1.165, 1.54) is 16.5 Å². The van der Waals surface area contributed by atoms with E-state index in [9.17, 15) is 4.79 Å². The Labute approximate surface area is 140 Å². The van der Waals surface area contributed by atoms with Gasteiger partial charge in [-0.2, -0.15) is 0 Å². The average Bonchev–Trinajstić information content (AvgIpc) is 3.25. The van der Waals surface area contributed by atoms with Gasteiger partial charge in [0, 0.05) is 50.1 Å². The molecule has 3 aromatic rings. The standard InChI is InChI=1S/C19H21N3O2/c1-12-18(24-13(2)20-12)19(23)22-9-8-14(10-22)16-11-21(3)17-7-5-4-6-15(16)17/h4-7,11,14H,8-10H2,1-3H3. The number of fused-ring (bicyclic) bond motifs is 1. The molecule has 3 heterocycles. The zero-order chi connectivity index (χ0) is 16.8. The molecule has 1 aromatic carbocycles. The normalized spacial score (nSPS) is 17.8. The van der Waals surface area contributed by atoms with E-state index >= 15 is 0 Å². The van der Waals surface area contributed by atoms with Crippen molar-refractivity contribution in [3.63, 3.8) is 0 Å². The van der Waals surface area contributed by atoms with Gasteiger partial charge in [-0.05, 0) is 25.0 Å². The Kier molecular flexibility index (Phi) is 3.44. The number of aromatic nitrogens is 2. The van der Waals surface area contributed by atoms with Crippen LogP contribution in [0.3, 0.4) is 0 Å². The minimum atomic E-state index is -0.0455. The highest BCUT2D eigenvalue weighted by Gasteiger charge is 2.32. The van der Waals surface area contributed by atoms with E-state index in [1.807, 2.05) is 11.8 Å². The molecule has 0 radical (unpaired) electrons. The summed E-state index contributed by atoms with van der Waals surface area (Å²) in [5.74, 6) is 1.24. The smallest absolute Gasteiger partial charge is 0.291 e. The number of rotatable bonds is 2. The zero-order valence-corrected chi connectivity index (χ0v) is 14.2. The van der Waals surface area contributed by atoms with Crippen molar-refractivity contribution in [1.29, 1.82) is 0 Å². The summed E-state index contributed by atoms with van der Waals surface area (Å²) in [7, 11) is 2.07. The number of hydrogen-bond acceptors (Lipinski definition) is 3. The van der Waals surface area contributed by atoms with Gasteiger partial charge in [0.05, 0.1) is 5.69 Å². The van der Waals surface area contributed by atoms with Gasteiger partial charge < -0.3 is 13.9 Å². The van der Waals surface area contributed by atoms with Gasteiger partial charge in [0.1, 0.15) is 0 Å². The van der Waals surface area contributed by atoms with Crippen LogP contribution in [0.4, 0.5) is 0 Å². The molecule has 2 aromatic heterocycles. The first-order valence-electron chi connectivity index (χ1n) is 8.32. The third-order valence-electron chi connectivity index (χ3n) is 4.94. The van der Waals surface area contributed by atoms with Crippen molar-refractivity contribution in [3.05, 3.63) is 53.4 Å². The Morgan fingerprint density at radius 1 is 1.29 bits per heavy atom. The van der Waals surface area contributed by atoms with Crippen LogP contribution in [-0.4, -0.2) is 33.4 Å². The summed E-state index contributed by atoms with van der Waals surface area (Å²) in [6.07, 6.45) is 3.18. The quantitative estimate of drug-likeness (QED) is 0.726. The first-order valence-corrected chi connectivity index (χ1v) is 8.32. The third-order valence-corrected chi connectivity index (χ3v) is 4.94. The summed E-state index contributed by atoms with van der Waals surface area (Å²) >= 11 is 0. The molecule has 0 saturated carbocycles. The number of hydrogen-bond donors (Lipinski definition) is 0. The monoisotopic (exact) mass is 323 g/mol. The second-order valence-electron chi connectivity index (χ2n) is 6.60. The van der Waals surface area contributed by atoms with Crippen molar-refractivity contribution in [3.8, 4) is 0 Å². The number of nitrogens with zero attached hydrogens (tertiary/aromatic N) is 3. The minimum absolute atomic E-state index is 0.0455. The number of oxazole rings is 1. The molecule has 24 heavy (non-hydrogen) atoms. The Balaban J connectivity index is 1.60. The van der Waals surface area contributed by atoms with E-state index in [4.69, 9.17) is 4.42 Å². The maximum atomic E-state index is 12.7. The van der Waals surface area contributed by atoms with E-state index in [0.29, 0.717) is 23.3 Å². The van der Waals surface area contributed by atoms with E-state index in [-0.39, 0.29) is 5.91 Å². The number of amides is 1. The van der Waals surface area contributed by atoms with Gasteiger partial charge in [-0.1, -0.05) is 18.2 Å². The van der Waals surface area contributed by atoms with E-state index in [2.05, 4.69) is 47.1 Å². The second kappa shape index (κ2) is 5.51. The van der Waals surface area contributed by atoms with Crippen LogP contribution in [0.15, 0.2) is 34.9 Å². The van der Waals surface area contributed by atoms with Crippen molar-refractivity contribution in [2.75, 3.05) is 13.1 Å². The summed E-state index contributed by atoms with van der Waals surface area (Å²) < 4.78 is 7.66. The molecule has 5 nitrogen and oxygen atoms in total. The molecule has 4 rings (SSSR count). The highest BCUT2D eigenvalue weighted by atomic mass is 16.4. The summed E-state index contributed by atoms with van der Waals surface area (Å²) in [6, 6.07) is 8.44. The van der Waals surface area contributed by atoms with Crippen LogP contribution in [0.25, 0.3) is 10.9 Å². The van der Waals surface area contributed by atoms with Gasteiger partial charge in [0.15, 0.2) is 5.89 Å². The minimum Gasteiger partial charge on any atom is -0.436 e. The number of para-hydroxylation sites is 1. The molecule has 124 valence electrons. The fourth-order valence-electron chi connectivity index (χ4n) is 3.77. The fourth-order valence-corrected chi connectivity index (χ4v) is 3.77. The highest BCUT2D eigenvalue weighted by molar-refractivity contribution is 5.93. The highest BCUT2D eigenvalue weighted by Crippen LogP contribution is 2.34. The zero-order valence-electron chi connectivity index (χ0n) is 14.2. The SMILES string of the molecule is Cc1nc(C)c(C(=O)N2CCC(c3cn(C)c4ccccc34)C2)o1. The van der Waals surface area contributed by atoms with Gasteiger partial charge in [-0.15, -0.1) is 0 Å². The van der Waals surface area contributed by atoms with E-state index in [0.717, 1.165) is 19.5 Å². The Hall–Kier alpha value is -2.56. The van der Waals surface area contributed by atoms with Crippen molar-refractivity contribution >= 4 is 16.8 Å². The lowest BCUT2D eigenvalue weighted by atomic mass is 9.98. The van der Waals surface area contributed by atoms with Crippen molar-refractivity contribution in [1.82, 2.24) is 14.5 Å². The van der Waals surface area contributed by atoms with Crippen LogP contribution in [0.5, 0.6) is 0 Å². The maximum Gasteiger partial charge on any atom is 0.291 e. The van der Waals surface area contributed by atoms with Crippen LogP contribution in [0, 0.1) is 13.8 Å². The number of likely N-dealkylation sites (tertiary alicyclic amines) is 1. The molecule has 1 atom stereocenters. The first-order chi connectivity index (χ1) is 11.5. The largest absolute Gasteiger partial charge is 0.436 e. The maximum absolute atomic E-state index is 12.7. The number of aryl methyl sites for hydroxylation is 3. The molecule has 1 aliphatic rings. The molecule has 0 aliphatic carbocycles. The molecule has 1 aliphatic heterocycles. The molecular formula is C19H21N3O2. The first kappa shape index (κ1) is 15.0. The van der Waals surface area contributed by atoms with Crippen LogP contribution < -0.4 is 0 Å². The molecular weight excluding hydrogens is 302 g/mol. The van der Waals surface area contributed by atoms with Crippen LogP contribution in [0.2, 0.25) is 0 Å². The number of carbonyl (C=O) groups excluding carboxylic acids is 1. The molecule has 0 spiro atoms. The van der Waals surface area contributed by atoms with Gasteiger partial charge in [-0.25, -0.2) is 4.98 Å². The molecule has 5 heteroatoms. The van der Waals surface area contributed by atoms with Crippen molar-refractivity contribution < 1.29 is 9.21 Å². The van der Waals surface area contributed by atoms with Crippen molar-refractivity contribution in [2.45, 2.75) is 26.2 Å². The van der Waals surface area contributed by atoms with Gasteiger partial charge in [-0.3, -0.25) is 4.79 Å². The van der Waals surface area contributed by atoms with E-state index < -0.39 is 0 Å². The molecule has 0 bridgehead atoms. The van der Waals surface area contributed by atoms with Gasteiger partial charge >= 0.3 is 0 Å². The Bertz CT molecular complexity index is 922. The average molecular weight is 323 g/mol. The summed E-state index contributed by atoms with van der Waals surface area (Å²) in [6.45, 7) is 5.08. The van der Waals surface area contributed by atoms with Gasteiger partial charge in [0.2, 0.25) is 5.76 Å². The van der Waals surface area contributed by atoms with Crippen LogP contribution in [-0.2, 0) is 7.05 Å². The Morgan fingerprint density at radius 3 is 2.83 bits per heavy atom. The lowest BCUT2D eigenvalue weighted by molar-refractivity contribution is 0.0757. The predicted octanol–water partition coefficient (Wildman–Crippen LogP) is 3.41. The molecule has 1 unspecified atom stereocenters. The Morgan fingerprint density at radius 2 is 2.08 bits per heavy atom. The summed E-state index contributed by atoms with van der Waals surface area (Å²) in [4.78, 5) is 18.8. The lowest BCUT2D eigenvalue weighted by Gasteiger charge is -2.15. The molecule has 1 saturated heterocycles. The second-order valence-corrected chi connectivity index (χ2v) is 6.60. The lowest BCUT2D eigenvalue weighted by Crippen LogP contribution is -2.28. The van der Waals surface area contributed by atoms with Gasteiger partial charge in [0.25, 0.3) is 5.91 Å². The van der Waals surface area contributed by atoms with Crippen molar-refractivity contribution in [2.24, 2.45) is 7.05 Å². The molecule has 1 amide bonds. The fraction of sp³-hybridized carbons (Fsp3) is 0.368. The summed E-state index contributed by atoms with van der Waals surface area (Å²) in [5.41, 5.74) is 3.24. The number of carbonyl (C=O) groups is 1. The topological polar surface area (TPSA) is 51.3 Å². The van der Waals surface area contributed by atoms with Crippen LogP contribution in [0.1, 0.15) is 40.0 Å². The van der Waals surface area contributed by atoms with Crippen LogP contribution >= 0.6 is 0 Å². The molecule has 0 N–H and O–H groups in total. The number of benzene rings is 1.